The minimum Gasteiger partial charge on any atom is -0.392 e. The van der Waals surface area contributed by atoms with Crippen molar-refractivity contribution >= 4 is 0 Å². The van der Waals surface area contributed by atoms with E-state index >= 15 is 0 Å². The summed E-state index contributed by atoms with van der Waals surface area (Å²) in [4.78, 5) is 0. The fourth-order valence-corrected chi connectivity index (χ4v) is 2.55. The highest BCUT2D eigenvalue weighted by Gasteiger charge is 2.30. The van der Waals surface area contributed by atoms with E-state index in [1.165, 1.54) is 6.07 Å². The molecule has 0 aliphatic carbocycles. The van der Waals surface area contributed by atoms with Gasteiger partial charge in [0.05, 0.1) is 11.7 Å². The molecular formula is C16H23F3O. The van der Waals surface area contributed by atoms with Gasteiger partial charge in [0.15, 0.2) is 0 Å². The third-order valence-electron chi connectivity index (χ3n) is 3.56. The Morgan fingerprint density at radius 2 is 1.70 bits per heavy atom. The molecule has 0 aliphatic heterocycles. The lowest BCUT2D eigenvalue weighted by Gasteiger charge is -2.22. The van der Waals surface area contributed by atoms with E-state index in [4.69, 9.17) is 0 Å². The van der Waals surface area contributed by atoms with Crippen molar-refractivity contribution in [3.8, 4) is 0 Å². The maximum Gasteiger partial charge on any atom is 0.416 e. The van der Waals surface area contributed by atoms with Crippen LogP contribution in [0.5, 0.6) is 0 Å². The molecule has 1 rings (SSSR count). The second-order valence-electron chi connectivity index (χ2n) is 5.31. The quantitative estimate of drug-likeness (QED) is 0.762. The molecule has 0 saturated carbocycles. The van der Waals surface area contributed by atoms with Gasteiger partial charge in [-0.15, -0.1) is 0 Å². The van der Waals surface area contributed by atoms with E-state index in [0.717, 1.165) is 37.8 Å². The summed E-state index contributed by atoms with van der Waals surface area (Å²) in [5.74, 6) is 0.166. The Kier molecular flexibility index (Phi) is 6.53. The Balaban J connectivity index is 2.76. The summed E-state index contributed by atoms with van der Waals surface area (Å²) in [6.45, 7) is 4.11. The van der Waals surface area contributed by atoms with Gasteiger partial charge in [-0.05, 0) is 36.8 Å². The van der Waals surface area contributed by atoms with Crippen LogP contribution in [0, 0.1) is 5.92 Å². The number of hydrogen-bond acceptors (Lipinski definition) is 1. The molecule has 0 aromatic heterocycles. The minimum atomic E-state index is -4.33. The van der Waals surface area contributed by atoms with Gasteiger partial charge in [0, 0.05) is 0 Å². The van der Waals surface area contributed by atoms with Crippen molar-refractivity contribution in [1.82, 2.24) is 0 Å². The van der Waals surface area contributed by atoms with E-state index in [1.807, 2.05) is 0 Å². The third kappa shape index (κ3) is 5.16. The average molecular weight is 288 g/mol. The van der Waals surface area contributed by atoms with E-state index in [0.29, 0.717) is 5.56 Å². The number of hydrogen-bond donors (Lipinski definition) is 1. The predicted octanol–water partition coefficient (Wildman–Crippen LogP) is 4.83. The van der Waals surface area contributed by atoms with Crippen molar-refractivity contribution in [2.45, 2.75) is 58.2 Å². The highest BCUT2D eigenvalue weighted by Crippen LogP contribution is 2.30. The molecule has 4 heteroatoms. The van der Waals surface area contributed by atoms with E-state index in [1.54, 1.807) is 6.07 Å². The Hall–Kier alpha value is -1.03. The van der Waals surface area contributed by atoms with Gasteiger partial charge in [0.2, 0.25) is 0 Å². The number of halogens is 3. The summed E-state index contributed by atoms with van der Waals surface area (Å²) in [6, 6.07) is 5.25. The van der Waals surface area contributed by atoms with Gasteiger partial charge in [-0.1, -0.05) is 44.9 Å². The number of benzene rings is 1. The maximum absolute atomic E-state index is 12.6. The Labute approximate surface area is 118 Å². The topological polar surface area (TPSA) is 20.2 Å². The molecule has 1 atom stereocenters. The lowest BCUT2D eigenvalue weighted by atomic mass is 9.88. The Morgan fingerprint density at radius 3 is 2.20 bits per heavy atom. The van der Waals surface area contributed by atoms with Crippen LogP contribution in [0.4, 0.5) is 13.2 Å². The van der Waals surface area contributed by atoms with Crippen LogP contribution < -0.4 is 0 Å². The fourth-order valence-electron chi connectivity index (χ4n) is 2.55. The van der Waals surface area contributed by atoms with Gasteiger partial charge >= 0.3 is 6.18 Å². The summed E-state index contributed by atoms with van der Waals surface area (Å²) < 4.78 is 37.9. The molecule has 0 aliphatic rings. The molecule has 0 heterocycles. The van der Waals surface area contributed by atoms with Gasteiger partial charge < -0.3 is 5.11 Å². The second-order valence-corrected chi connectivity index (χ2v) is 5.31. The van der Waals surface area contributed by atoms with Crippen molar-refractivity contribution in [2.24, 2.45) is 5.92 Å². The molecule has 1 N–H and O–H groups in total. The first-order valence-electron chi connectivity index (χ1n) is 7.22. The fraction of sp³-hybridized carbons (Fsp3) is 0.625. The van der Waals surface area contributed by atoms with Gasteiger partial charge in [-0.3, -0.25) is 0 Å². The summed E-state index contributed by atoms with van der Waals surface area (Å²) in [5, 5.41) is 10.2. The second kappa shape index (κ2) is 7.67. The molecule has 114 valence electrons. The first-order valence-corrected chi connectivity index (χ1v) is 7.22. The van der Waals surface area contributed by atoms with Crippen LogP contribution in [-0.4, -0.2) is 11.2 Å². The zero-order valence-corrected chi connectivity index (χ0v) is 12.1. The summed E-state index contributed by atoms with van der Waals surface area (Å²) in [7, 11) is 0. The third-order valence-corrected chi connectivity index (χ3v) is 3.56. The molecule has 0 saturated heterocycles. The number of alkyl halides is 3. The molecule has 20 heavy (non-hydrogen) atoms. The molecule has 1 nitrogen and oxygen atoms in total. The van der Waals surface area contributed by atoms with Crippen molar-refractivity contribution in [2.75, 3.05) is 0 Å². The first-order chi connectivity index (χ1) is 9.38. The molecule has 0 bridgehead atoms. The monoisotopic (exact) mass is 288 g/mol. The van der Waals surface area contributed by atoms with Crippen molar-refractivity contribution in [3.05, 3.63) is 35.4 Å². The number of aliphatic hydroxyl groups is 1. The molecule has 0 fully saturated rings. The lowest BCUT2D eigenvalue weighted by molar-refractivity contribution is -0.137. The highest BCUT2D eigenvalue weighted by molar-refractivity contribution is 5.26. The average Bonchev–Trinajstić information content (AvgIpc) is 2.38. The summed E-state index contributed by atoms with van der Waals surface area (Å²) in [6.07, 6.45) is -0.836. The van der Waals surface area contributed by atoms with E-state index < -0.39 is 17.8 Å². The molecule has 1 aromatic rings. The van der Waals surface area contributed by atoms with Crippen LogP contribution in [0.1, 0.15) is 50.7 Å². The smallest absolute Gasteiger partial charge is 0.392 e. The zero-order valence-electron chi connectivity index (χ0n) is 12.1. The Morgan fingerprint density at radius 1 is 1.10 bits per heavy atom. The van der Waals surface area contributed by atoms with Gasteiger partial charge in [0.1, 0.15) is 0 Å². The SMILES string of the molecule is CCCC(CCC)C(O)Cc1cccc(C(F)(F)F)c1. The largest absolute Gasteiger partial charge is 0.416 e. The van der Waals surface area contributed by atoms with Crippen molar-refractivity contribution in [3.63, 3.8) is 0 Å². The van der Waals surface area contributed by atoms with Crippen LogP contribution in [0.15, 0.2) is 24.3 Å². The molecule has 1 unspecified atom stereocenters. The van der Waals surface area contributed by atoms with Crippen LogP contribution in [-0.2, 0) is 12.6 Å². The highest BCUT2D eigenvalue weighted by atomic mass is 19.4. The van der Waals surface area contributed by atoms with Crippen molar-refractivity contribution < 1.29 is 18.3 Å². The van der Waals surface area contributed by atoms with Gasteiger partial charge in [0.25, 0.3) is 0 Å². The molecule has 0 amide bonds. The number of aliphatic hydroxyl groups excluding tert-OH is 1. The van der Waals surface area contributed by atoms with Crippen LogP contribution in [0.25, 0.3) is 0 Å². The normalized spacial score (nSPS) is 13.8. The lowest BCUT2D eigenvalue weighted by Crippen LogP contribution is -2.23. The van der Waals surface area contributed by atoms with Crippen molar-refractivity contribution in [1.29, 1.82) is 0 Å². The van der Waals surface area contributed by atoms with Crippen LogP contribution in [0.2, 0.25) is 0 Å². The molecule has 1 aromatic carbocycles. The Bertz CT molecular complexity index is 395. The van der Waals surface area contributed by atoms with E-state index in [-0.39, 0.29) is 12.3 Å². The zero-order chi connectivity index (χ0) is 15.2. The number of rotatable bonds is 7. The summed E-state index contributed by atoms with van der Waals surface area (Å²) in [5.41, 5.74) is -0.103. The van der Waals surface area contributed by atoms with Crippen LogP contribution in [0.3, 0.4) is 0 Å². The van der Waals surface area contributed by atoms with Crippen LogP contribution >= 0.6 is 0 Å². The maximum atomic E-state index is 12.6. The van der Waals surface area contributed by atoms with E-state index in [2.05, 4.69) is 13.8 Å². The molecule has 0 spiro atoms. The summed E-state index contributed by atoms with van der Waals surface area (Å²) >= 11 is 0. The van der Waals surface area contributed by atoms with Gasteiger partial charge in [-0.2, -0.15) is 13.2 Å². The molecule has 0 radical (unpaired) electrons. The predicted molar refractivity (Wildman–Crippen MR) is 74.5 cm³/mol. The minimum absolute atomic E-state index is 0.166. The van der Waals surface area contributed by atoms with Gasteiger partial charge in [-0.25, -0.2) is 0 Å². The molecular weight excluding hydrogens is 265 g/mol. The first kappa shape index (κ1) is 17.0. The standard InChI is InChI=1S/C16H23F3O/c1-3-6-13(7-4-2)15(20)11-12-8-5-9-14(10-12)16(17,18)19/h5,8-10,13,15,20H,3-4,6-7,11H2,1-2H3. The van der Waals surface area contributed by atoms with E-state index in [9.17, 15) is 18.3 Å².